The highest BCUT2D eigenvalue weighted by molar-refractivity contribution is 5.45. The Bertz CT molecular complexity index is 542. The summed E-state index contributed by atoms with van der Waals surface area (Å²) in [6.45, 7) is 4.63. The number of nitrogens with one attached hydrogen (secondary N) is 1. The van der Waals surface area contributed by atoms with E-state index < -0.39 is 0 Å². The third-order valence-electron chi connectivity index (χ3n) is 2.79. The summed E-state index contributed by atoms with van der Waals surface area (Å²) in [7, 11) is 0. The van der Waals surface area contributed by atoms with Crippen molar-refractivity contribution < 1.29 is 4.74 Å². The van der Waals surface area contributed by atoms with Crippen LogP contribution >= 0.6 is 0 Å². The van der Waals surface area contributed by atoms with Gasteiger partial charge in [-0.1, -0.05) is 18.2 Å². The number of benzene rings is 1. The van der Waals surface area contributed by atoms with Gasteiger partial charge in [0.15, 0.2) is 0 Å². The molecule has 0 aliphatic carbocycles. The quantitative estimate of drug-likeness (QED) is 0.807. The maximum absolute atomic E-state index is 5.79. The maximum Gasteiger partial charge on any atom is 0.215 e. The third kappa shape index (κ3) is 3.61. The van der Waals surface area contributed by atoms with Gasteiger partial charge in [0.1, 0.15) is 5.82 Å². The molecule has 1 aromatic carbocycles. The Morgan fingerprint density at radius 1 is 1.26 bits per heavy atom. The van der Waals surface area contributed by atoms with Crippen LogP contribution in [0.5, 0.6) is 5.88 Å². The first kappa shape index (κ1) is 13.2. The first-order chi connectivity index (χ1) is 9.19. The van der Waals surface area contributed by atoms with E-state index in [1.165, 1.54) is 0 Å². The van der Waals surface area contributed by atoms with Gasteiger partial charge in [-0.2, -0.15) is 4.98 Å². The average Bonchev–Trinajstić information content (AvgIpc) is 2.39. The van der Waals surface area contributed by atoms with Gasteiger partial charge in [0, 0.05) is 11.8 Å². The van der Waals surface area contributed by atoms with Gasteiger partial charge >= 0.3 is 0 Å². The van der Waals surface area contributed by atoms with Crippen molar-refractivity contribution in [3.05, 3.63) is 48.0 Å². The highest BCUT2D eigenvalue weighted by Crippen LogP contribution is 2.21. The number of nitrogens with two attached hydrogens (primary N) is 1. The van der Waals surface area contributed by atoms with Gasteiger partial charge < -0.3 is 15.8 Å². The normalized spacial score (nSPS) is 11.9. The Labute approximate surface area is 113 Å². The molecule has 0 aliphatic rings. The van der Waals surface area contributed by atoms with E-state index in [0.717, 1.165) is 17.1 Å². The van der Waals surface area contributed by atoms with E-state index >= 15 is 0 Å². The summed E-state index contributed by atoms with van der Waals surface area (Å²) in [5.74, 6) is 1.42. The van der Waals surface area contributed by atoms with Gasteiger partial charge in [0.25, 0.3) is 0 Å². The number of hydrogen-bond acceptors (Lipinski definition) is 4. The van der Waals surface area contributed by atoms with Crippen molar-refractivity contribution in [2.24, 2.45) is 0 Å². The molecule has 19 heavy (non-hydrogen) atoms. The second kappa shape index (κ2) is 6.09. The lowest BCUT2D eigenvalue weighted by atomic mass is 10.1. The fourth-order valence-electron chi connectivity index (χ4n) is 1.86. The molecular formula is C15H19N3O. The maximum atomic E-state index is 5.79. The fourth-order valence-corrected chi connectivity index (χ4v) is 1.86. The zero-order valence-corrected chi connectivity index (χ0v) is 11.3. The van der Waals surface area contributed by atoms with Gasteiger partial charge in [-0.15, -0.1) is 0 Å². The van der Waals surface area contributed by atoms with E-state index in [2.05, 4.69) is 17.2 Å². The van der Waals surface area contributed by atoms with Crippen molar-refractivity contribution in [2.45, 2.75) is 19.9 Å². The van der Waals surface area contributed by atoms with Crippen molar-refractivity contribution in [1.82, 2.24) is 4.98 Å². The van der Waals surface area contributed by atoms with Crippen molar-refractivity contribution in [1.29, 1.82) is 0 Å². The second-order valence-electron chi connectivity index (χ2n) is 4.33. The summed E-state index contributed by atoms with van der Waals surface area (Å²) in [4.78, 5) is 4.39. The molecule has 2 aromatic rings. The summed E-state index contributed by atoms with van der Waals surface area (Å²) in [6, 6.07) is 13.7. The lowest BCUT2D eigenvalue weighted by Gasteiger charge is -2.16. The molecular weight excluding hydrogens is 238 g/mol. The van der Waals surface area contributed by atoms with E-state index in [-0.39, 0.29) is 6.04 Å². The van der Waals surface area contributed by atoms with Crippen molar-refractivity contribution in [2.75, 3.05) is 17.7 Å². The summed E-state index contributed by atoms with van der Waals surface area (Å²) in [6.07, 6.45) is 0. The standard InChI is InChI=1S/C15H19N3O/c1-3-19-15-9-5-8-14(18-15)17-11(2)12-6-4-7-13(16)10-12/h4-11H,3,16H2,1-2H3,(H,17,18). The number of nitrogens with zero attached hydrogens (tertiary/aromatic N) is 1. The lowest BCUT2D eigenvalue weighted by Crippen LogP contribution is -2.08. The molecule has 1 unspecified atom stereocenters. The van der Waals surface area contributed by atoms with Gasteiger partial charge in [-0.05, 0) is 37.6 Å². The molecule has 0 amide bonds. The second-order valence-corrected chi connectivity index (χ2v) is 4.33. The number of ether oxygens (including phenoxy) is 1. The number of pyridine rings is 1. The molecule has 1 atom stereocenters. The Morgan fingerprint density at radius 3 is 2.79 bits per heavy atom. The van der Waals surface area contributed by atoms with E-state index in [1.54, 1.807) is 0 Å². The van der Waals surface area contributed by atoms with Crippen LogP contribution in [0.2, 0.25) is 0 Å². The van der Waals surface area contributed by atoms with Crippen molar-refractivity contribution in [3.63, 3.8) is 0 Å². The molecule has 0 aliphatic heterocycles. The van der Waals surface area contributed by atoms with Gasteiger partial charge in [-0.3, -0.25) is 0 Å². The van der Waals surface area contributed by atoms with E-state index in [1.807, 2.05) is 49.4 Å². The van der Waals surface area contributed by atoms with E-state index in [4.69, 9.17) is 10.5 Å². The predicted molar refractivity (Wildman–Crippen MR) is 78.3 cm³/mol. The zero-order valence-electron chi connectivity index (χ0n) is 11.3. The minimum Gasteiger partial charge on any atom is -0.478 e. The minimum absolute atomic E-state index is 0.132. The van der Waals surface area contributed by atoms with Crippen LogP contribution in [0.25, 0.3) is 0 Å². The molecule has 2 rings (SSSR count). The van der Waals surface area contributed by atoms with Crippen LogP contribution in [0.1, 0.15) is 25.5 Å². The molecule has 4 heteroatoms. The predicted octanol–water partition coefficient (Wildman–Crippen LogP) is 3.24. The smallest absolute Gasteiger partial charge is 0.215 e. The molecule has 100 valence electrons. The van der Waals surface area contributed by atoms with Gasteiger partial charge in [-0.25, -0.2) is 0 Å². The first-order valence-corrected chi connectivity index (χ1v) is 6.41. The van der Waals surface area contributed by atoms with Crippen LogP contribution in [0, 0.1) is 0 Å². The number of aromatic nitrogens is 1. The monoisotopic (exact) mass is 257 g/mol. The molecule has 0 saturated heterocycles. The van der Waals surface area contributed by atoms with Crippen LogP contribution in [0.4, 0.5) is 11.5 Å². The zero-order chi connectivity index (χ0) is 13.7. The SMILES string of the molecule is CCOc1cccc(NC(C)c2cccc(N)c2)n1. The third-order valence-corrected chi connectivity index (χ3v) is 2.79. The Balaban J connectivity index is 2.10. The van der Waals surface area contributed by atoms with Crippen LogP contribution in [-0.2, 0) is 0 Å². The van der Waals surface area contributed by atoms with Crippen LogP contribution in [-0.4, -0.2) is 11.6 Å². The molecule has 3 N–H and O–H groups in total. The number of anilines is 2. The molecule has 4 nitrogen and oxygen atoms in total. The number of rotatable bonds is 5. The first-order valence-electron chi connectivity index (χ1n) is 6.41. The molecule has 0 fully saturated rings. The summed E-state index contributed by atoms with van der Waals surface area (Å²) in [5, 5.41) is 3.34. The molecule has 1 aromatic heterocycles. The van der Waals surface area contributed by atoms with Gasteiger partial charge in [0.05, 0.1) is 12.6 Å². The molecule has 0 spiro atoms. The largest absolute Gasteiger partial charge is 0.478 e. The Morgan fingerprint density at radius 2 is 2.05 bits per heavy atom. The summed E-state index contributed by atoms with van der Waals surface area (Å²) in [5.41, 5.74) is 7.68. The van der Waals surface area contributed by atoms with E-state index in [9.17, 15) is 0 Å². The highest BCUT2D eigenvalue weighted by Gasteiger charge is 2.06. The Hall–Kier alpha value is -2.23. The van der Waals surface area contributed by atoms with Crippen LogP contribution in [0.3, 0.4) is 0 Å². The summed E-state index contributed by atoms with van der Waals surface area (Å²) < 4.78 is 5.38. The molecule has 0 bridgehead atoms. The average molecular weight is 257 g/mol. The summed E-state index contributed by atoms with van der Waals surface area (Å²) >= 11 is 0. The Kier molecular flexibility index (Phi) is 4.23. The van der Waals surface area contributed by atoms with Crippen molar-refractivity contribution in [3.8, 4) is 5.88 Å². The number of hydrogen-bond donors (Lipinski definition) is 2. The van der Waals surface area contributed by atoms with Crippen LogP contribution < -0.4 is 15.8 Å². The molecule has 0 saturated carbocycles. The lowest BCUT2D eigenvalue weighted by molar-refractivity contribution is 0.327. The van der Waals surface area contributed by atoms with Gasteiger partial charge in [0.2, 0.25) is 5.88 Å². The molecule has 1 heterocycles. The van der Waals surface area contributed by atoms with Crippen molar-refractivity contribution >= 4 is 11.5 Å². The van der Waals surface area contributed by atoms with E-state index in [0.29, 0.717) is 12.5 Å². The topological polar surface area (TPSA) is 60.2 Å². The minimum atomic E-state index is 0.132. The highest BCUT2D eigenvalue weighted by atomic mass is 16.5. The fraction of sp³-hybridized carbons (Fsp3) is 0.267. The van der Waals surface area contributed by atoms with Crippen LogP contribution in [0.15, 0.2) is 42.5 Å². The molecule has 0 radical (unpaired) electrons. The number of nitrogen functional groups attached to an aromatic ring is 1.